The lowest BCUT2D eigenvalue weighted by Gasteiger charge is -2.50. The molecule has 0 radical (unpaired) electrons. The normalized spacial score (nSPS) is 22.4. The molecule has 2 aliphatic carbocycles. The van der Waals surface area contributed by atoms with Gasteiger partial charge < -0.3 is 4.90 Å². The quantitative estimate of drug-likeness (QED) is 0.729. The van der Waals surface area contributed by atoms with Gasteiger partial charge in [0.05, 0.1) is 11.5 Å². The Balaban J connectivity index is 1.53. The van der Waals surface area contributed by atoms with Crippen molar-refractivity contribution in [3.63, 3.8) is 0 Å². The van der Waals surface area contributed by atoms with E-state index in [1.807, 2.05) is 29.2 Å². The van der Waals surface area contributed by atoms with E-state index in [2.05, 4.69) is 22.4 Å². The Morgan fingerprint density at radius 2 is 2.00 bits per heavy atom. The minimum absolute atomic E-state index is 0.0585. The van der Waals surface area contributed by atoms with E-state index in [1.165, 1.54) is 11.3 Å². The second-order valence-electron chi connectivity index (χ2n) is 8.85. The first kappa shape index (κ1) is 19.7. The van der Waals surface area contributed by atoms with Gasteiger partial charge in [-0.3, -0.25) is 14.9 Å². The molecule has 6 nitrogen and oxygen atoms in total. The van der Waals surface area contributed by atoms with Gasteiger partial charge in [0.25, 0.3) is 5.91 Å². The summed E-state index contributed by atoms with van der Waals surface area (Å²) in [7, 11) is 0. The lowest BCUT2D eigenvalue weighted by Crippen LogP contribution is -2.60. The number of amides is 2. The van der Waals surface area contributed by atoms with Gasteiger partial charge in [-0.25, -0.2) is 0 Å². The first-order valence-electron chi connectivity index (χ1n) is 11.2. The average molecular weight is 425 g/mol. The maximum atomic E-state index is 13.7. The number of rotatable bonds is 6. The standard InChI is InChI=1S/C23H28N4O2S/c1-2-3-14-27-21(29)17-9-5-4-8-16(17)18(23(27)12-6-7-13-23)19(28)24-22-26-25-20(30-22)15-10-11-15/h4-5,8-9,15,18H,2-3,6-7,10-14H2,1H3,(H,24,26,28). The third kappa shape index (κ3) is 3.23. The molecule has 2 aromatic rings. The summed E-state index contributed by atoms with van der Waals surface area (Å²) < 4.78 is 0. The van der Waals surface area contributed by atoms with Crippen LogP contribution in [0.4, 0.5) is 5.13 Å². The van der Waals surface area contributed by atoms with Crippen molar-refractivity contribution in [2.45, 2.75) is 75.7 Å². The van der Waals surface area contributed by atoms with Crippen LogP contribution in [0.5, 0.6) is 0 Å². The van der Waals surface area contributed by atoms with Crippen LogP contribution >= 0.6 is 11.3 Å². The lowest BCUT2D eigenvalue weighted by atomic mass is 9.71. The van der Waals surface area contributed by atoms with Gasteiger partial charge in [-0.2, -0.15) is 0 Å². The van der Waals surface area contributed by atoms with Crippen LogP contribution in [0, 0.1) is 0 Å². The van der Waals surface area contributed by atoms with Gasteiger partial charge in [-0.1, -0.05) is 55.7 Å². The van der Waals surface area contributed by atoms with Gasteiger partial charge >= 0.3 is 0 Å². The number of carbonyl (C=O) groups is 2. The minimum atomic E-state index is -0.436. The number of benzene rings is 1. The van der Waals surface area contributed by atoms with E-state index in [1.54, 1.807) is 0 Å². The Bertz CT molecular complexity index is 962. The minimum Gasteiger partial charge on any atom is -0.332 e. The van der Waals surface area contributed by atoms with Crippen molar-refractivity contribution in [1.82, 2.24) is 15.1 Å². The molecule has 7 heteroatoms. The smallest absolute Gasteiger partial charge is 0.254 e. The number of nitrogens with zero attached hydrogens (tertiary/aromatic N) is 3. The molecule has 1 atom stereocenters. The molecule has 158 valence electrons. The van der Waals surface area contributed by atoms with Crippen molar-refractivity contribution < 1.29 is 9.59 Å². The molecule has 1 spiro atoms. The number of unbranched alkanes of at least 4 members (excludes halogenated alkanes) is 1. The van der Waals surface area contributed by atoms with Gasteiger partial charge in [-0.05, 0) is 43.7 Å². The van der Waals surface area contributed by atoms with Crippen molar-refractivity contribution in [1.29, 1.82) is 0 Å². The number of fused-ring (bicyclic) bond motifs is 1. The highest BCUT2D eigenvalue weighted by molar-refractivity contribution is 7.15. The Morgan fingerprint density at radius 1 is 1.23 bits per heavy atom. The van der Waals surface area contributed by atoms with Crippen LogP contribution in [0.1, 0.15) is 91.1 Å². The van der Waals surface area contributed by atoms with Gasteiger partial charge in [0.1, 0.15) is 5.01 Å². The van der Waals surface area contributed by atoms with Crippen LogP contribution in [-0.2, 0) is 4.79 Å². The highest BCUT2D eigenvalue weighted by atomic mass is 32.1. The lowest BCUT2D eigenvalue weighted by molar-refractivity contribution is -0.121. The van der Waals surface area contributed by atoms with Gasteiger partial charge in [0.2, 0.25) is 11.0 Å². The third-order valence-electron chi connectivity index (χ3n) is 6.89. The summed E-state index contributed by atoms with van der Waals surface area (Å²) in [5, 5.41) is 13.1. The topological polar surface area (TPSA) is 75.2 Å². The van der Waals surface area contributed by atoms with Gasteiger partial charge in [-0.15, -0.1) is 10.2 Å². The first-order chi connectivity index (χ1) is 14.6. The zero-order chi connectivity index (χ0) is 20.7. The van der Waals surface area contributed by atoms with Crippen molar-refractivity contribution >= 4 is 28.3 Å². The van der Waals surface area contributed by atoms with E-state index >= 15 is 0 Å². The molecule has 1 N–H and O–H groups in total. The van der Waals surface area contributed by atoms with E-state index in [0.29, 0.717) is 23.2 Å². The zero-order valence-electron chi connectivity index (χ0n) is 17.4. The van der Waals surface area contributed by atoms with Crippen LogP contribution < -0.4 is 5.32 Å². The molecule has 0 saturated heterocycles. The van der Waals surface area contributed by atoms with Crippen molar-refractivity contribution in [2.75, 3.05) is 11.9 Å². The molecule has 0 bridgehead atoms. The summed E-state index contributed by atoms with van der Waals surface area (Å²) >= 11 is 1.49. The van der Waals surface area contributed by atoms with Crippen LogP contribution in [0.2, 0.25) is 0 Å². The number of hydrogen-bond donors (Lipinski definition) is 1. The highest BCUT2D eigenvalue weighted by Gasteiger charge is 2.55. The molecular weight excluding hydrogens is 396 g/mol. The molecule has 3 aliphatic rings. The number of aromatic nitrogens is 2. The maximum absolute atomic E-state index is 13.7. The second-order valence-corrected chi connectivity index (χ2v) is 9.86. The zero-order valence-corrected chi connectivity index (χ0v) is 18.2. The van der Waals surface area contributed by atoms with E-state index in [9.17, 15) is 9.59 Å². The van der Waals surface area contributed by atoms with Crippen molar-refractivity contribution in [3.05, 3.63) is 40.4 Å². The van der Waals surface area contributed by atoms with Gasteiger partial charge in [0.15, 0.2) is 0 Å². The fourth-order valence-electron chi connectivity index (χ4n) is 5.27. The molecule has 1 unspecified atom stereocenters. The molecule has 1 aromatic carbocycles. The molecule has 30 heavy (non-hydrogen) atoms. The summed E-state index contributed by atoms with van der Waals surface area (Å²) in [5.74, 6) is 0.166. The monoisotopic (exact) mass is 424 g/mol. The molecule has 2 fully saturated rings. The fraction of sp³-hybridized carbons (Fsp3) is 0.565. The molecule has 5 rings (SSSR count). The van der Waals surface area contributed by atoms with Gasteiger partial charge in [0, 0.05) is 18.0 Å². The van der Waals surface area contributed by atoms with Crippen molar-refractivity contribution in [2.24, 2.45) is 0 Å². The van der Waals surface area contributed by atoms with E-state index < -0.39 is 5.54 Å². The Labute approximate surface area is 181 Å². The molecule has 1 aromatic heterocycles. The molecular formula is C23H28N4O2S. The molecule has 2 amide bonds. The number of anilines is 1. The molecule has 1 aliphatic heterocycles. The predicted molar refractivity (Wildman–Crippen MR) is 117 cm³/mol. The molecule has 2 heterocycles. The number of hydrogen-bond acceptors (Lipinski definition) is 5. The number of nitrogens with one attached hydrogen (secondary N) is 1. The summed E-state index contributed by atoms with van der Waals surface area (Å²) in [4.78, 5) is 29.2. The summed E-state index contributed by atoms with van der Waals surface area (Å²) in [6.07, 6.45) is 8.14. The third-order valence-corrected chi connectivity index (χ3v) is 7.89. The van der Waals surface area contributed by atoms with E-state index in [4.69, 9.17) is 0 Å². The fourth-order valence-corrected chi connectivity index (χ4v) is 6.18. The first-order valence-corrected chi connectivity index (χ1v) is 12.0. The van der Waals surface area contributed by atoms with E-state index in [-0.39, 0.29) is 17.7 Å². The van der Waals surface area contributed by atoms with Crippen molar-refractivity contribution in [3.8, 4) is 0 Å². The Kier molecular flexibility index (Phi) is 5.09. The van der Waals surface area contributed by atoms with Crippen LogP contribution in [0.25, 0.3) is 0 Å². The Hall–Kier alpha value is -2.28. The summed E-state index contributed by atoms with van der Waals surface area (Å²) in [6, 6.07) is 7.66. The summed E-state index contributed by atoms with van der Waals surface area (Å²) in [6.45, 7) is 2.85. The van der Waals surface area contributed by atoms with Crippen LogP contribution in [0.3, 0.4) is 0 Å². The van der Waals surface area contributed by atoms with Crippen LogP contribution in [0.15, 0.2) is 24.3 Å². The maximum Gasteiger partial charge on any atom is 0.254 e. The van der Waals surface area contributed by atoms with E-state index in [0.717, 1.165) is 61.9 Å². The summed E-state index contributed by atoms with van der Waals surface area (Å²) in [5.41, 5.74) is 1.10. The Morgan fingerprint density at radius 3 is 2.73 bits per heavy atom. The average Bonchev–Trinajstić information content (AvgIpc) is 3.31. The van der Waals surface area contributed by atoms with Crippen LogP contribution in [-0.4, -0.2) is 39.0 Å². The predicted octanol–water partition coefficient (Wildman–Crippen LogP) is 4.71. The molecule has 2 saturated carbocycles. The highest BCUT2D eigenvalue weighted by Crippen LogP contribution is 2.51. The number of carbonyl (C=O) groups excluding carboxylic acids is 2. The SMILES string of the molecule is CCCCN1C(=O)c2ccccc2C(C(=O)Nc2nnc(C3CC3)s2)C12CCCC2. The second kappa shape index (κ2) is 7.76. The largest absolute Gasteiger partial charge is 0.332 e.